The van der Waals surface area contributed by atoms with Gasteiger partial charge in [-0.05, 0) is 12.8 Å². The summed E-state index contributed by atoms with van der Waals surface area (Å²) in [6, 6.07) is 0. The lowest BCUT2D eigenvalue weighted by molar-refractivity contribution is 0.408. The summed E-state index contributed by atoms with van der Waals surface area (Å²) in [5.41, 5.74) is -0.103. The van der Waals surface area contributed by atoms with Gasteiger partial charge in [0.2, 0.25) is 0 Å². The molecule has 1 atom stereocenters. The van der Waals surface area contributed by atoms with Gasteiger partial charge in [0, 0.05) is 11.2 Å². The Labute approximate surface area is 97.9 Å². The number of hydrogen-bond acceptors (Lipinski definition) is 3. The fraction of sp³-hybridized carbons (Fsp3) is 0.636. The molecular formula is C11H16N2O2S. The number of nitrogens with one attached hydrogen (secondary N) is 2. The highest BCUT2D eigenvalue weighted by molar-refractivity contribution is 7.99. The number of hydrogen-bond donors (Lipinski definition) is 2. The maximum Gasteiger partial charge on any atom is 0.314 e. The second kappa shape index (κ2) is 4.13. The third-order valence-electron chi connectivity index (χ3n) is 3.33. The van der Waals surface area contributed by atoms with Crippen LogP contribution in [0.3, 0.4) is 0 Å². The molecular weight excluding hydrogens is 224 g/mol. The summed E-state index contributed by atoms with van der Waals surface area (Å²) in [5, 5.41) is 0.847. The van der Waals surface area contributed by atoms with E-state index >= 15 is 0 Å². The highest BCUT2D eigenvalue weighted by Crippen LogP contribution is 2.45. The van der Waals surface area contributed by atoms with Crippen molar-refractivity contribution in [2.75, 3.05) is 5.75 Å². The van der Waals surface area contributed by atoms with E-state index in [2.05, 4.69) is 23.8 Å². The minimum Gasteiger partial charge on any atom is -0.318 e. The normalized spacial score (nSPS) is 23.4. The number of aromatic amines is 2. The first-order valence-electron chi connectivity index (χ1n) is 5.63. The lowest BCUT2D eigenvalue weighted by atomic mass is 9.80. The second-order valence-electron chi connectivity index (χ2n) is 4.28. The molecule has 1 aliphatic heterocycles. The Kier molecular flexibility index (Phi) is 2.97. The van der Waals surface area contributed by atoms with E-state index in [1.165, 1.54) is 0 Å². The van der Waals surface area contributed by atoms with Crippen LogP contribution in [0, 0.1) is 0 Å². The van der Waals surface area contributed by atoms with Crippen molar-refractivity contribution < 1.29 is 0 Å². The number of rotatable bonds is 3. The molecule has 0 fully saturated rings. The van der Waals surface area contributed by atoms with Crippen molar-refractivity contribution in [3.63, 3.8) is 0 Å². The third kappa shape index (κ3) is 1.63. The molecule has 2 rings (SSSR count). The van der Waals surface area contributed by atoms with Gasteiger partial charge in [-0.25, -0.2) is 0 Å². The molecule has 0 radical (unpaired) electrons. The van der Waals surface area contributed by atoms with Crippen LogP contribution in [0.5, 0.6) is 0 Å². The van der Waals surface area contributed by atoms with Gasteiger partial charge in [-0.1, -0.05) is 20.3 Å². The van der Waals surface area contributed by atoms with Crippen molar-refractivity contribution in [2.45, 2.75) is 43.6 Å². The SMILES string of the molecule is CCCC1(CC)CSc2[nH]c(=O)c(=O)[nH]c21. The van der Waals surface area contributed by atoms with Crippen molar-refractivity contribution in [2.24, 2.45) is 0 Å². The largest absolute Gasteiger partial charge is 0.318 e. The van der Waals surface area contributed by atoms with Crippen molar-refractivity contribution in [3.8, 4) is 0 Å². The maximum atomic E-state index is 11.4. The smallest absolute Gasteiger partial charge is 0.314 e. The van der Waals surface area contributed by atoms with Crippen LogP contribution >= 0.6 is 11.8 Å². The van der Waals surface area contributed by atoms with Gasteiger partial charge in [-0.15, -0.1) is 11.8 Å². The van der Waals surface area contributed by atoms with Crippen molar-refractivity contribution in [3.05, 3.63) is 26.4 Å². The molecule has 0 aliphatic carbocycles. The molecule has 1 aromatic heterocycles. The van der Waals surface area contributed by atoms with E-state index in [-0.39, 0.29) is 5.41 Å². The fourth-order valence-corrected chi connectivity index (χ4v) is 3.84. The van der Waals surface area contributed by atoms with Crippen LogP contribution in [0.25, 0.3) is 0 Å². The third-order valence-corrected chi connectivity index (χ3v) is 4.62. The van der Waals surface area contributed by atoms with E-state index in [1.54, 1.807) is 11.8 Å². The molecule has 1 unspecified atom stereocenters. The zero-order chi connectivity index (χ0) is 11.8. The van der Waals surface area contributed by atoms with Gasteiger partial charge >= 0.3 is 11.1 Å². The fourth-order valence-electron chi connectivity index (χ4n) is 2.34. The molecule has 1 aromatic rings. The summed E-state index contributed by atoms with van der Waals surface area (Å²) in [6.45, 7) is 4.28. The lowest BCUT2D eigenvalue weighted by Gasteiger charge is -2.26. The summed E-state index contributed by atoms with van der Waals surface area (Å²) < 4.78 is 0. The Morgan fingerprint density at radius 2 is 1.94 bits per heavy atom. The van der Waals surface area contributed by atoms with Gasteiger partial charge in [0.05, 0.1) is 10.7 Å². The van der Waals surface area contributed by atoms with Gasteiger partial charge in [0.15, 0.2) is 0 Å². The molecule has 0 saturated heterocycles. The van der Waals surface area contributed by atoms with Crippen molar-refractivity contribution in [1.82, 2.24) is 9.97 Å². The number of H-pyrrole nitrogens is 2. The molecule has 0 aromatic carbocycles. The average Bonchev–Trinajstić information content (AvgIpc) is 2.60. The lowest BCUT2D eigenvalue weighted by Crippen LogP contribution is -2.35. The number of aromatic nitrogens is 2. The quantitative estimate of drug-likeness (QED) is 0.789. The highest BCUT2D eigenvalue weighted by Gasteiger charge is 2.38. The zero-order valence-electron chi connectivity index (χ0n) is 9.55. The van der Waals surface area contributed by atoms with Crippen LogP contribution in [-0.2, 0) is 5.41 Å². The van der Waals surface area contributed by atoms with Gasteiger partial charge in [-0.2, -0.15) is 0 Å². The summed E-state index contributed by atoms with van der Waals surface area (Å²) in [5.74, 6) is 0.947. The van der Waals surface area contributed by atoms with Crippen LogP contribution < -0.4 is 11.1 Å². The Hall–Kier alpha value is -0.970. The van der Waals surface area contributed by atoms with Crippen LogP contribution in [0.4, 0.5) is 0 Å². The topological polar surface area (TPSA) is 65.7 Å². The molecule has 0 spiro atoms. The number of thioether (sulfide) groups is 1. The first-order chi connectivity index (χ1) is 7.63. The highest BCUT2D eigenvalue weighted by atomic mass is 32.2. The monoisotopic (exact) mass is 240 g/mol. The molecule has 1 aliphatic rings. The first-order valence-corrected chi connectivity index (χ1v) is 6.61. The zero-order valence-corrected chi connectivity index (χ0v) is 10.4. The summed E-state index contributed by atoms with van der Waals surface area (Å²) in [4.78, 5) is 28.0. The van der Waals surface area contributed by atoms with Crippen molar-refractivity contribution >= 4 is 11.8 Å². The summed E-state index contributed by atoms with van der Waals surface area (Å²) in [6.07, 6.45) is 3.11. The average molecular weight is 240 g/mol. The van der Waals surface area contributed by atoms with E-state index in [9.17, 15) is 9.59 Å². The summed E-state index contributed by atoms with van der Waals surface area (Å²) >= 11 is 1.64. The molecule has 16 heavy (non-hydrogen) atoms. The number of fused-ring (bicyclic) bond motifs is 1. The molecule has 4 nitrogen and oxygen atoms in total. The van der Waals surface area contributed by atoms with Gasteiger partial charge < -0.3 is 9.97 Å². The second-order valence-corrected chi connectivity index (χ2v) is 5.27. The van der Waals surface area contributed by atoms with Crippen molar-refractivity contribution in [1.29, 1.82) is 0 Å². The van der Waals surface area contributed by atoms with E-state index in [1.807, 2.05) is 0 Å². The van der Waals surface area contributed by atoms with Crippen LogP contribution in [-0.4, -0.2) is 15.7 Å². The molecule has 2 heterocycles. The van der Waals surface area contributed by atoms with Gasteiger partial charge in [0.25, 0.3) is 0 Å². The molecule has 0 saturated carbocycles. The minimum atomic E-state index is -0.547. The molecule has 0 bridgehead atoms. The first kappa shape index (κ1) is 11.5. The van der Waals surface area contributed by atoms with Crippen LogP contribution in [0.1, 0.15) is 38.8 Å². The Morgan fingerprint density at radius 3 is 2.56 bits per heavy atom. The Morgan fingerprint density at radius 1 is 1.25 bits per heavy atom. The van der Waals surface area contributed by atoms with Gasteiger partial charge in [0.1, 0.15) is 0 Å². The molecule has 0 amide bonds. The van der Waals surface area contributed by atoms with Crippen LogP contribution in [0.2, 0.25) is 0 Å². The van der Waals surface area contributed by atoms with E-state index in [4.69, 9.17) is 0 Å². The minimum absolute atomic E-state index is 0.0398. The van der Waals surface area contributed by atoms with Crippen LogP contribution in [0.15, 0.2) is 14.6 Å². The molecule has 2 N–H and O–H groups in total. The molecule has 5 heteroatoms. The van der Waals surface area contributed by atoms with E-state index in [0.29, 0.717) is 0 Å². The molecule has 88 valence electrons. The Balaban J connectivity index is 2.57. The van der Waals surface area contributed by atoms with E-state index < -0.39 is 11.1 Å². The summed E-state index contributed by atoms with van der Waals surface area (Å²) in [7, 11) is 0. The van der Waals surface area contributed by atoms with Gasteiger partial charge in [-0.3, -0.25) is 9.59 Å². The standard InChI is InChI=1S/C11H16N2O2S/c1-3-5-11(4-2)6-16-10-7(11)12-8(14)9(15)13-10/h3-6H2,1-2H3,(H,12,14)(H,13,15). The predicted octanol–water partition coefficient (Wildman–Crippen LogP) is 1.62. The maximum absolute atomic E-state index is 11.4. The van der Waals surface area contributed by atoms with E-state index in [0.717, 1.165) is 35.7 Å². The Bertz CT molecular complexity index is 505. The predicted molar refractivity (Wildman–Crippen MR) is 65.3 cm³/mol.